The van der Waals surface area contributed by atoms with Gasteiger partial charge in [-0.25, -0.2) is 0 Å². The second kappa shape index (κ2) is 7.58. The molecule has 0 N–H and O–H groups in total. The maximum Gasteiger partial charge on any atom is 0.0403 e. The molecule has 0 amide bonds. The molecule has 108 valence electrons. The van der Waals surface area contributed by atoms with Gasteiger partial charge in [-0.15, -0.1) is 11.3 Å². The van der Waals surface area contributed by atoms with Crippen LogP contribution in [0.3, 0.4) is 0 Å². The lowest BCUT2D eigenvalue weighted by Crippen LogP contribution is -1.98. The molecule has 2 heteroatoms. The number of thiophene rings is 1. The van der Waals surface area contributed by atoms with E-state index in [9.17, 15) is 0 Å². The molecule has 2 heterocycles. The van der Waals surface area contributed by atoms with Gasteiger partial charge in [0.2, 0.25) is 0 Å². The highest BCUT2D eigenvalue weighted by Crippen LogP contribution is 2.27. The first kappa shape index (κ1) is 15.2. The number of hydrogen-bond acceptors (Lipinski definition) is 2. The van der Waals surface area contributed by atoms with Gasteiger partial charge in [0.05, 0.1) is 0 Å². The largest absolute Gasteiger partial charge is 0.265 e. The topological polar surface area (TPSA) is 12.4 Å². The normalized spacial score (nSPS) is 27.4. The zero-order valence-corrected chi connectivity index (χ0v) is 13.6. The highest BCUT2D eigenvalue weighted by Gasteiger charge is 2.08. The highest BCUT2D eigenvalue weighted by atomic mass is 32.1. The van der Waals surface area contributed by atoms with Crippen molar-refractivity contribution in [3.05, 3.63) is 40.2 Å². The van der Waals surface area contributed by atoms with Crippen molar-refractivity contribution in [1.82, 2.24) is 0 Å². The van der Waals surface area contributed by atoms with E-state index in [-0.39, 0.29) is 0 Å². The molecule has 0 aromatic carbocycles. The Hall–Kier alpha value is -1.15. The standard InChI is InChI=1S/C18H25NS/c1-4-17-12-16(18-9-6-10-20-18)11-14(2)7-5-8-15(3)13-19-17/h6,9-15H,4-5,7-8H2,1-3H3/b16-11-,17-12?,19-13?. The molecule has 0 bridgehead atoms. The molecule has 1 aliphatic heterocycles. The van der Waals surface area contributed by atoms with E-state index in [4.69, 9.17) is 4.99 Å². The summed E-state index contributed by atoms with van der Waals surface area (Å²) in [5.41, 5.74) is 2.53. The minimum absolute atomic E-state index is 0.584. The molecule has 1 aromatic rings. The number of nitrogens with zero attached hydrogens (tertiary/aromatic N) is 1. The van der Waals surface area contributed by atoms with Crippen LogP contribution < -0.4 is 0 Å². The summed E-state index contributed by atoms with van der Waals surface area (Å²) in [5, 5.41) is 2.15. The van der Waals surface area contributed by atoms with Crippen molar-refractivity contribution in [3.63, 3.8) is 0 Å². The van der Waals surface area contributed by atoms with Gasteiger partial charge in [-0.05, 0) is 54.2 Å². The zero-order chi connectivity index (χ0) is 14.4. The van der Waals surface area contributed by atoms with Crippen LogP contribution in [0.5, 0.6) is 0 Å². The smallest absolute Gasteiger partial charge is 0.0403 e. The van der Waals surface area contributed by atoms with Crippen molar-refractivity contribution in [3.8, 4) is 0 Å². The predicted molar refractivity (Wildman–Crippen MR) is 91.3 cm³/mol. The molecule has 0 fully saturated rings. The Bertz CT molecular complexity index is 493. The molecule has 0 saturated heterocycles. The maximum absolute atomic E-state index is 4.71. The molecule has 2 unspecified atom stereocenters. The van der Waals surface area contributed by atoms with Gasteiger partial charge in [-0.1, -0.05) is 39.3 Å². The average Bonchev–Trinajstić information content (AvgIpc) is 2.94. The lowest BCUT2D eigenvalue weighted by molar-refractivity contribution is 0.548. The van der Waals surface area contributed by atoms with E-state index in [0.29, 0.717) is 11.8 Å². The van der Waals surface area contributed by atoms with Gasteiger partial charge in [-0.3, -0.25) is 4.99 Å². The van der Waals surface area contributed by atoms with Crippen molar-refractivity contribution in [2.45, 2.75) is 46.5 Å². The number of allylic oxidation sites excluding steroid dienone is 4. The Labute approximate surface area is 127 Å². The Balaban J connectivity index is 2.37. The van der Waals surface area contributed by atoms with Crippen molar-refractivity contribution >= 4 is 23.1 Å². The molecule has 1 aliphatic rings. The minimum Gasteiger partial charge on any atom is -0.265 e. The summed E-state index contributed by atoms with van der Waals surface area (Å²) in [6.07, 6.45) is 11.6. The summed E-state index contributed by atoms with van der Waals surface area (Å²) < 4.78 is 0. The van der Waals surface area contributed by atoms with Crippen molar-refractivity contribution in [2.75, 3.05) is 0 Å². The minimum atomic E-state index is 0.584. The molecule has 1 aromatic heterocycles. The Morgan fingerprint density at radius 3 is 2.75 bits per heavy atom. The molecule has 0 saturated carbocycles. The third kappa shape index (κ3) is 4.45. The first-order valence-electron chi connectivity index (χ1n) is 7.69. The second-order valence-electron chi connectivity index (χ2n) is 5.75. The first-order valence-corrected chi connectivity index (χ1v) is 8.57. The third-order valence-electron chi connectivity index (χ3n) is 3.77. The quantitative estimate of drug-likeness (QED) is 0.637. The molecular weight excluding hydrogens is 262 g/mol. The van der Waals surface area contributed by atoms with Gasteiger partial charge in [0, 0.05) is 16.8 Å². The number of hydrogen-bond donors (Lipinski definition) is 0. The van der Waals surface area contributed by atoms with Crippen molar-refractivity contribution < 1.29 is 0 Å². The summed E-state index contributed by atoms with van der Waals surface area (Å²) in [7, 11) is 0. The van der Waals surface area contributed by atoms with Gasteiger partial charge in [0.15, 0.2) is 0 Å². The molecule has 1 nitrogen and oxygen atoms in total. The Kier molecular flexibility index (Phi) is 5.78. The fourth-order valence-electron chi connectivity index (χ4n) is 2.50. The highest BCUT2D eigenvalue weighted by molar-refractivity contribution is 7.11. The molecule has 0 spiro atoms. The average molecular weight is 287 g/mol. The predicted octanol–water partition coefficient (Wildman–Crippen LogP) is 5.95. The Morgan fingerprint density at radius 1 is 1.25 bits per heavy atom. The van der Waals surface area contributed by atoms with Crippen LogP contribution in [0, 0.1) is 11.8 Å². The van der Waals surface area contributed by atoms with Crippen LogP contribution in [0.15, 0.2) is 40.4 Å². The fourth-order valence-corrected chi connectivity index (χ4v) is 3.23. The maximum atomic E-state index is 4.71. The molecule has 0 radical (unpaired) electrons. The summed E-state index contributed by atoms with van der Waals surface area (Å²) in [6, 6.07) is 4.33. The monoisotopic (exact) mass is 287 g/mol. The van der Waals surface area contributed by atoms with Crippen LogP contribution in [-0.2, 0) is 0 Å². The van der Waals surface area contributed by atoms with Crippen molar-refractivity contribution in [1.29, 1.82) is 0 Å². The molecular formula is C18H25NS. The molecule has 2 rings (SSSR count). The van der Waals surface area contributed by atoms with E-state index >= 15 is 0 Å². The summed E-state index contributed by atoms with van der Waals surface area (Å²) in [4.78, 5) is 6.06. The molecule has 2 atom stereocenters. The van der Waals surface area contributed by atoms with E-state index in [0.717, 1.165) is 6.42 Å². The summed E-state index contributed by atoms with van der Waals surface area (Å²) in [5.74, 6) is 1.21. The number of aliphatic imine (C=N–C) groups is 1. The van der Waals surface area contributed by atoms with Crippen LogP contribution in [0.25, 0.3) is 5.57 Å². The van der Waals surface area contributed by atoms with Crippen LogP contribution in [0.1, 0.15) is 51.3 Å². The van der Waals surface area contributed by atoms with Gasteiger partial charge < -0.3 is 0 Å². The lowest BCUT2D eigenvalue weighted by atomic mass is 9.97. The van der Waals surface area contributed by atoms with Gasteiger partial charge in [0.25, 0.3) is 0 Å². The van der Waals surface area contributed by atoms with Crippen LogP contribution in [0.4, 0.5) is 0 Å². The summed E-state index contributed by atoms with van der Waals surface area (Å²) >= 11 is 1.81. The third-order valence-corrected chi connectivity index (χ3v) is 4.69. The van der Waals surface area contributed by atoms with E-state index in [1.807, 2.05) is 11.3 Å². The van der Waals surface area contributed by atoms with Gasteiger partial charge >= 0.3 is 0 Å². The molecule has 0 aliphatic carbocycles. The van der Waals surface area contributed by atoms with Gasteiger partial charge in [-0.2, -0.15) is 0 Å². The van der Waals surface area contributed by atoms with E-state index < -0.39 is 0 Å². The summed E-state index contributed by atoms with van der Waals surface area (Å²) in [6.45, 7) is 6.78. The first-order chi connectivity index (χ1) is 9.69. The van der Waals surface area contributed by atoms with E-state index in [2.05, 4.69) is 56.7 Å². The van der Waals surface area contributed by atoms with Crippen LogP contribution >= 0.6 is 11.3 Å². The van der Waals surface area contributed by atoms with Crippen LogP contribution in [-0.4, -0.2) is 6.21 Å². The zero-order valence-electron chi connectivity index (χ0n) is 12.8. The van der Waals surface area contributed by atoms with Crippen molar-refractivity contribution in [2.24, 2.45) is 16.8 Å². The second-order valence-corrected chi connectivity index (χ2v) is 6.70. The SMILES string of the molecule is CCC1=C/C(c2cccs2)=C/C(C)CCCC(C)C=N1. The van der Waals surface area contributed by atoms with Crippen LogP contribution in [0.2, 0.25) is 0 Å². The number of rotatable bonds is 2. The van der Waals surface area contributed by atoms with E-state index in [1.54, 1.807) is 0 Å². The lowest BCUT2D eigenvalue weighted by Gasteiger charge is -2.09. The van der Waals surface area contributed by atoms with E-state index in [1.165, 1.54) is 35.4 Å². The Morgan fingerprint density at radius 2 is 2.05 bits per heavy atom. The molecule has 20 heavy (non-hydrogen) atoms. The fraction of sp³-hybridized carbons (Fsp3) is 0.500. The van der Waals surface area contributed by atoms with Gasteiger partial charge in [0.1, 0.15) is 0 Å².